The van der Waals surface area contributed by atoms with Gasteiger partial charge in [-0.05, 0) is 30.9 Å². The summed E-state index contributed by atoms with van der Waals surface area (Å²) in [5, 5.41) is 1.30. The van der Waals surface area contributed by atoms with Gasteiger partial charge in [0.05, 0.1) is 5.69 Å². The first-order valence-corrected chi connectivity index (χ1v) is 10.4. The molecule has 5 heteroatoms. The van der Waals surface area contributed by atoms with Crippen molar-refractivity contribution in [3.63, 3.8) is 0 Å². The third-order valence-electron chi connectivity index (χ3n) is 5.33. The van der Waals surface area contributed by atoms with Crippen LogP contribution in [0.5, 0.6) is 0 Å². The number of hydrogen-bond donors (Lipinski definition) is 1. The molecule has 5 rings (SSSR count). The van der Waals surface area contributed by atoms with E-state index in [-0.39, 0.29) is 5.56 Å². The molecule has 0 saturated heterocycles. The molecule has 0 atom stereocenters. The Hall–Kier alpha value is -2.76. The first kappa shape index (κ1) is 17.3. The Labute approximate surface area is 167 Å². The monoisotopic (exact) mass is 387 g/mol. The molecule has 1 aliphatic heterocycles. The second-order valence-electron chi connectivity index (χ2n) is 7.42. The van der Waals surface area contributed by atoms with Crippen LogP contribution in [0.25, 0.3) is 21.5 Å². The number of H-pyrrole nitrogens is 1. The molecule has 0 spiro atoms. The molecule has 1 aliphatic rings. The number of aromatic amines is 1. The van der Waals surface area contributed by atoms with Crippen molar-refractivity contribution in [3.8, 4) is 11.4 Å². The quantitative estimate of drug-likeness (QED) is 0.562. The predicted octanol–water partition coefficient (Wildman–Crippen LogP) is 4.52. The number of thiophene rings is 1. The van der Waals surface area contributed by atoms with Crippen LogP contribution in [0, 0.1) is 6.92 Å². The summed E-state index contributed by atoms with van der Waals surface area (Å²) < 4.78 is 1.33. The molecule has 0 radical (unpaired) electrons. The molecule has 0 bridgehead atoms. The van der Waals surface area contributed by atoms with Gasteiger partial charge in [-0.25, -0.2) is 4.98 Å². The first-order chi connectivity index (χ1) is 13.7. The van der Waals surface area contributed by atoms with Gasteiger partial charge in [0.15, 0.2) is 0 Å². The number of benzene rings is 2. The van der Waals surface area contributed by atoms with Crippen LogP contribution in [0.2, 0.25) is 0 Å². The summed E-state index contributed by atoms with van der Waals surface area (Å²) in [6.45, 7) is 4.55. The molecule has 3 heterocycles. The maximum Gasteiger partial charge on any atom is 0.254 e. The normalized spacial score (nSPS) is 14.3. The van der Waals surface area contributed by atoms with Gasteiger partial charge in [-0.3, -0.25) is 9.69 Å². The molecule has 28 heavy (non-hydrogen) atoms. The van der Waals surface area contributed by atoms with Gasteiger partial charge in [0.25, 0.3) is 5.56 Å². The molecule has 2 aromatic heterocycles. The Morgan fingerprint density at radius 3 is 2.79 bits per heavy atom. The van der Waals surface area contributed by atoms with Crippen LogP contribution >= 0.6 is 11.3 Å². The van der Waals surface area contributed by atoms with Crippen molar-refractivity contribution in [2.75, 3.05) is 6.54 Å². The molecule has 0 fully saturated rings. The summed E-state index contributed by atoms with van der Waals surface area (Å²) >= 11 is 1.85. The number of nitrogens with one attached hydrogen (secondary N) is 1. The third-order valence-corrected chi connectivity index (χ3v) is 6.43. The Kier molecular flexibility index (Phi) is 4.34. The van der Waals surface area contributed by atoms with Gasteiger partial charge in [-0.2, -0.15) is 0 Å². The Morgan fingerprint density at radius 1 is 1.14 bits per heavy atom. The van der Waals surface area contributed by atoms with E-state index >= 15 is 0 Å². The van der Waals surface area contributed by atoms with Gasteiger partial charge in [0, 0.05) is 40.3 Å². The van der Waals surface area contributed by atoms with Gasteiger partial charge in [-0.15, -0.1) is 11.3 Å². The summed E-state index contributed by atoms with van der Waals surface area (Å²) in [4.78, 5) is 24.1. The van der Waals surface area contributed by atoms with Crippen LogP contribution in [0.4, 0.5) is 0 Å². The number of rotatable bonds is 3. The highest BCUT2D eigenvalue weighted by Crippen LogP contribution is 2.28. The Bertz CT molecular complexity index is 1170. The molecule has 140 valence electrons. The minimum absolute atomic E-state index is 0.00193. The molecule has 4 aromatic rings. The van der Waals surface area contributed by atoms with Gasteiger partial charge in [0.1, 0.15) is 5.82 Å². The maximum absolute atomic E-state index is 12.6. The van der Waals surface area contributed by atoms with Gasteiger partial charge in [0.2, 0.25) is 0 Å². The lowest BCUT2D eigenvalue weighted by Gasteiger charge is -2.27. The van der Waals surface area contributed by atoms with Gasteiger partial charge < -0.3 is 4.98 Å². The van der Waals surface area contributed by atoms with Crippen LogP contribution in [0.3, 0.4) is 0 Å². The fourth-order valence-corrected chi connectivity index (χ4v) is 4.92. The molecule has 1 N–H and O–H groups in total. The van der Waals surface area contributed by atoms with E-state index in [1.54, 1.807) is 0 Å². The van der Waals surface area contributed by atoms with Crippen molar-refractivity contribution in [1.29, 1.82) is 0 Å². The second-order valence-corrected chi connectivity index (χ2v) is 8.59. The maximum atomic E-state index is 12.6. The molecule has 4 nitrogen and oxygen atoms in total. The van der Waals surface area contributed by atoms with Crippen molar-refractivity contribution in [2.24, 2.45) is 0 Å². The van der Waals surface area contributed by atoms with Gasteiger partial charge in [-0.1, -0.05) is 48.0 Å². The zero-order valence-electron chi connectivity index (χ0n) is 15.7. The zero-order valence-corrected chi connectivity index (χ0v) is 16.6. The summed E-state index contributed by atoms with van der Waals surface area (Å²) in [6, 6.07) is 18.9. The molecule has 0 amide bonds. The molecule has 2 aromatic carbocycles. The van der Waals surface area contributed by atoms with Crippen molar-refractivity contribution in [3.05, 3.63) is 86.6 Å². The topological polar surface area (TPSA) is 49.0 Å². The fourth-order valence-electron chi connectivity index (χ4n) is 3.81. The zero-order chi connectivity index (χ0) is 19.1. The predicted molar refractivity (Wildman–Crippen MR) is 115 cm³/mol. The largest absolute Gasteiger partial charge is 0.306 e. The van der Waals surface area contributed by atoms with Crippen LogP contribution in [-0.2, 0) is 19.5 Å². The lowest BCUT2D eigenvalue weighted by molar-refractivity contribution is 0.243. The van der Waals surface area contributed by atoms with E-state index in [0.29, 0.717) is 12.4 Å². The number of hydrogen-bond acceptors (Lipinski definition) is 4. The van der Waals surface area contributed by atoms with Crippen molar-refractivity contribution < 1.29 is 0 Å². The first-order valence-electron chi connectivity index (χ1n) is 9.54. The number of fused-ring (bicyclic) bond motifs is 2. The standard InChI is InChI=1S/C23H21N3OS/c1-15-6-8-16(9-7-15)22-24-20-14-26(11-10-19(20)23(27)25-22)13-18-12-17-4-2-3-5-21(17)28-18/h2-9,12H,10-11,13-14H2,1H3,(H,24,25,27). The number of aromatic nitrogens is 2. The summed E-state index contributed by atoms with van der Waals surface area (Å²) in [6.07, 6.45) is 0.747. The van der Waals surface area contributed by atoms with Crippen molar-refractivity contribution >= 4 is 21.4 Å². The second kappa shape index (κ2) is 7.00. The van der Waals surface area contributed by atoms with E-state index in [4.69, 9.17) is 4.98 Å². The average Bonchev–Trinajstić information content (AvgIpc) is 3.10. The van der Waals surface area contributed by atoms with Crippen LogP contribution in [0.15, 0.2) is 59.4 Å². The van der Waals surface area contributed by atoms with Crippen molar-refractivity contribution in [2.45, 2.75) is 26.4 Å². The molecule has 0 unspecified atom stereocenters. The Balaban J connectivity index is 1.42. The third kappa shape index (κ3) is 3.28. The van der Waals surface area contributed by atoms with Crippen molar-refractivity contribution in [1.82, 2.24) is 14.9 Å². The van der Waals surface area contributed by atoms with E-state index in [1.807, 2.05) is 35.6 Å². The molecular weight excluding hydrogens is 366 g/mol. The minimum Gasteiger partial charge on any atom is -0.306 e. The minimum atomic E-state index is 0.00193. The lowest BCUT2D eigenvalue weighted by atomic mass is 10.1. The van der Waals surface area contributed by atoms with E-state index in [0.717, 1.165) is 36.3 Å². The Morgan fingerprint density at radius 2 is 1.96 bits per heavy atom. The van der Waals surface area contributed by atoms with Crippen LogP contribution in [-0.4, -0.2) is 21.4 Å². The summed E-state index contributed by atoms with van der Waals surface area (Å²) in [5.41, 5.74) is 3.89. The number of nitrogens with zero attached hydrogens (tertiary/aromatic N) is 2. The number of aryl methyl sites for hydroxylation is 1. The highest BCUT2D eigenvalue weighted by molar-refractivity contribution is 7.19. The SMILES string of the molecule is Cc1ccc(-c2nc3c(c(=O)[nH]2)CCN(Cc2cc4ccccc4s2)C3)cc1. The van der Waals surface area contributed by atoms with E-state index in [1.165, 1.54) is 20.5 Å². The summed E-state index contributed by atoms with van der Waals surface area (Å²) in [5.74, 6) is 0.660. The average molecular weight is 388 g/mol. The van der Waals surface area contributed by atoms with Gasteiger partial charge >= 0.3 is 0 Å². The summed E-state index contributed by atoms with van der Waals surface area (Å²) in [7, 11) is 0. The van der Waals surface area contributed by atoms with E-state index < -0.39 is 0 Å². The highest BCUT2D eigenvalue weighted by atomic mass is 32.1. The van der Waals surface area contributed by atoms with E-state index in [2.05, 4.69) is 47.1 Å². The molecule has 0 saturated carbocycles. The lowest BCUT2D eigenvalue weighted by Crippen LogP contribution is -2.34. The molecular formula is C23H21N3OS. The van der Waals surface area contributed by atoms with Crippen LogP contribution in [0.1, 0.15) is 21.7 Å². The smallest absolute Gasteiger partial charge is 0.254 e. The van der Waals surface area contributed by atoms with Crippen LogP contribution < -0.4 is 5.56 Å². The fraction of sp³-hybridized carbons (Fsp3) is 0.217. The highest BCUT2D eigenvalue weighted by Gasteiger charge is 2.22. The molecule has 0 aliphatic carbocycles. The van der Waals surface area contributed by atoms with E-state index in [9.17, 15) is 4.79 Å².